The van der Waals surface area contributed by atoms with Crippen LogP contribution in [-0.4, -0.2) is 20.8 Å². The van der Waals surface area contributed by atoms with Gasteiger partial charge in [0.05, 0.1) is 22.2 Å². The average molecular weight is 825 g/mol. The van der Waals surface area contributed by atoms with Crippen molar-refractivity contribution < 1.29 is 30.7 Å². The predicted octanol–water partition coefficient (Wildman–Crippen LogP) is 9.16. The first kappa shape index (κ1) is 29.3. The van der Waals surface area contributed by atoms with Crippen LogP contribution < -0.4 is 14.5 Å². The van der Waals surface area contributed by atoms with Gasteiger partial charge in [0.15, 0.2) is 5.65 Å². The summed E-state index contributed by atoms with van der Waals surface area (Å²) in [6.45, 7) is 2.16. The number of para-hydroxylation sites is 5. The van der Waals surface area contributed by atoms with Crippen molar-refractivity contribution in [2.75, 3.05) is 11.9 Å². The normalized spacial score (nSPS) is 14.4. The smallest absolute Gasteiger partial charge is 0.160 e. The van der Waals surface area contributed by atoms with Crippen molar-refractivity contribution in [1.82, 2.24) is 13.8 Å². The molecule has 1 aliphatic heterocycles. The number of rotatable bonds is 3. The van der Waals surface area contributed by atoms with Gasteiger partial charge in [-0.15, -0.1) is 35.7 Å². The van der Waals surface area contributed by atoms with Crippen LogP contribution in [0, 0.1) is 18.8 Å². The van der Waals surface area contributed by atoms with Gasteiger partial charge in [-0.05, 0) is 42.4 Å². The van der Waals surface area contributed by atoms with Gasteiger partial charge < -0.3 is 23.3 Å². The Morgan fingerprint density at radius 3 is 2.12 bits per heavy atom. The van der Waals surface area contributed by atoms with Crippen LogP contribution in [0.2, 0.25) is 0 Å². The number of nitrogens with one attached hydrogen (secondary N) is 1. The van der Waals surface area contributed by atoms with E-state index in [0.29, 0.717) is 11.5 Å². The zero-order valence-electron chi connectivity index (χ0n) is 26.8. The fraction of sp³-hybridized carbons (Fsp3) is 0.0233. The van der Waals surface area contributed by atoms with Crippen molar-refractivity contribution in [2.45, 2.75) is 0 Å². The summed E-state index contributed by atoms with van der Waals surface area (Å²) < 4.78 is 11.2. The SMILES string of the molecule is C[NH+]1[CH-]N(c2[c-]c(Oc3[c-]c4c(cc3)c3cccc5c6cccc7c8ccccc8n(c8cccnc8n4c35)c76)ccc2)c2ccccc21.[Pt]. The molecule has 0 spiro atoms. The van der Waals surface area contributed by atoms with Crippen LogP contribution in [0.25, 0.3) is 65.5 Å². The Hall–Kier alpha value is -5.68. The molecule has 0 fully saturated rings. The molecule has 1 N–H and O–H groups in total. The van der Waals surface area contributed by atoms with E-state index in [9.17, 15) is 0 Å². The summed E-state index contributed by atoms with van der Waals surface area (Å²) in [7, 11) is 2.14. The quantitative estimate of drug-likeness (QED) is 0.181. The Morgan fingerprint density at radius 1 is 0.600 bits per heavy atom. The second kappa shape index (κ2) is 10.9. The second-order valence-electron chi connectivity index (χ2n) is 12.7. The number of ether oxygens (including phenoxy) is 1. The van der Waals surface area contributed by atoms with Gasteiger partial charge in [-0.25, -0.2) is 4.98 Å². The van der Waals surface area contributed by atoms with Gasteiger partial charge in [0.2, 0.25) is 0 Å². The number of fused-ring (bicyclic) bond motifs is 11. The van der Waals surface area contributed by atoms with Gasteiger partial charge in [-0.2, -0.15) is 12.1 Å². The maximum atomic E-state index is 6.54. The number of pyridine rings is 1. The fourth-order valence-corrected chi connectivity index (χ4v) is 7.98. The maximum absolute atomic E-state index is 6.54. The minimum Gasteiger partial charge on any atom is -0.509 e. The summed E-state index contributed by atoms with van der Waals surface area (Å²) in [6.07, 6.45) is 1.88. The molecule has 242 valence electrons. The maximum Gasteiger partial charge on any atom is 0.160 e. The minimum absolute atomic E-state index is 0. The van der Waals surface area contributed by atoms with E-state index < -0.39 is 0 Å². The van der Waals surface area contributed by atoms with Crippen molar-refractivity contribution in [3.8, 4) is 11.5 Å². The molecule has 1 unspecified atom stereocenters. The van der Waals surface area contributed by atoms with E-state index >= 15 is 0 Å². The van der Waals surface area contributed by atoms with Gasteiger partial charge in [0.1, 0.15) is 5.69 Å². The van der Waals surface area contributed by atoms with E-state index in [1.54, 1.807) is 0 Å². The largest absolute Gasteiger partial charge is 0.509 e. The standard InChI is InChI=1S/C43H27N5O.Pt/c1-45-26-46(38-19-5-4-18-37(38)45)27-10-6-11-28(24-27)49-29-21-22-31-33-14-8-16-35-34-15-7-13-32-30-12-2-3-17-36(30)47(41(32)34)39-20-9-23-44-43(39)48(42(33)35)40(31)25-29;/h2-23,26,45H,1H3;/q-2;. The van der Waals surface area contributed by atoms with E-state index in [2.05, 4.69) is 143 Å². The molecule has 7 heteroatoms. The van der Waals surface area contributed by atoms with E-state index in [1.165, 1.54) is 32.3 Å². The molecule has 1 aliphatic rings. The Balaban J connectivity index is 0.00000316. The Bertz CT molecular complexity index is 3000. The van der Waals surface area contributed by atoms with Crippen molar-refractivity contribution in [1.29, 1.82) is 0 Å². The molecule has 0 bridgehead atoms. The molecule has 6 nitrogen and oxygen atoms in total. The number of quaternary nitrogens is 1. The van der Waals surface area contributed by atoms with Gasteiger partial charge in [-0.1, -0.05) is 77.9 Å². The molecule has 11 rings (SSSR count). The van der Waals surface area contributed by atoms with Gasteiger partial charge in [-0.3, -0.25) is 0 Å². The van der Waals surface area contributed by atoms with Crippen molar-refractivity contribution in [3.05, 3.63) is 152 Å². The van der Waals surface area contributed by atoms with E-state index in [1.807, 2.05) is 30.5 Å². The summed E-state index contributed by atoms with van der Waals surface area (Å²) in [5.74, 6) is 1.24. The van der Waals surface area contributed by atoms with Crippen LogP contribution in [-0.2, 0) is 21.1 Å². The average Bonchev–Trinajstić information content (AvgIpc) is 3.78. The monoisotopic (exact) mass is 824 g/mol. The van der Waals surface area contributed by atoms with Gasteiger partial charge in [0.25, 0.3) is 0 Å². The van der Waals surface area contributed by atoms with Crippen molar-refractivity contribution in [3.63, 3.8) is 0 Å². The van der Waals surface area contributed by atoms with Crippen molar-refractivity contribution in [2.24, 2.45) is 0 Å². The number of nitrogens with zero attached hydrogens (tertiary/aromatic N) is 4. The van der Waals surface area contributed by atoms with Crippen LogP contribution in [0.5, 0.6) is 11.5 Å². The number of anilines is 2. The van der Waals surface area contributed by atoms with Gasteiger partial charge in [0, 0.05) is 72.9 Å². The molecule has 4 aromatic heterocycles. The van der Waals surface area contributed by atoms with Crippen LogP contribution in [0.3, 0.4) is 0 Å². The number of hydrogen-bond donors (Lipinski definition) is 1. The summed E-state index contributed by atoms with van der Waals surface area (Å²) in [4.78, 5) is 8.46. The first-order valence-electron chi connectivity index (χ1n) is 16.5. The third-order valence-corrected chi connectivity index (χ3v) is 10.0. The fourth-order valence-electron chi connectivity index (χ4n) is 7.98. The molecule has 1 atom stereocenters. The Kier molecular flexibility index (Phi) is 6.38. The minimum atomic E-state index is 0. The van der Waals surface area contributed by atoms with Crippen molar-refractivity contribution >= 4 is 82.6 Å². The number of hydrogen-bond acceptors (Lipinski definition) is 3. The van der Waals surface area contributed by atoms with E-state index in [0.717, 1.165) is 55.2 Å². The second-order valence-corrected chi connectivity index (χ2v) is 12.7. The molecule has 50 heavy (non-hydrogen) atoms. The summed E-state index contributed by atoms with van der Waals surface area (Å²) in [5.41, 5.74) is 9.53. The van der Waals surface area contributed by atoms with Crippen LogP contribution in [0.15, 0.2) is 134 Å². The zero-order chi connectivity index (χ0) is 32.2. The first-order chi connectivity index (χ1) is 24.2. The molecule has 0 amide bonds. The third kappa shape index (κ3) is 4.00. The molecule has 0 saturated carbocycles. The summed E-state index contributed by atoms with van der Waals surface area (Å²) in [5, 5.41) is 7.04. The molecular weight excluding hydrogens is 798 g/mol. The first-order valence-corrected chi connectivity index (χ1v) is 16.5. The van der Waals surface area contributed by atoms with E-state index in [-0.39, 0.29) is 21.1 Å². The van der Waals surface area contributed by atoms with Crippen LogP contribution in [0.4, 0.5) is 17.1 Å². The topological polar surface area (TPSA) is 38.6 Å². The predicted molar refractivity (Wildman–Crippen MR) is 197 cm³/mol. The number of benzene rings is 6. The van der Waals surface area contributed by atoms with Gasteiger partial charge >= 0.3 is 0 Å². The van der Waals surface area contributed by atoms with Crippen LogP contribution >= 0.6 is 0 Å². The Morgan fingerprint density at radius 2 is 1.26 bits per heavy atom. The summed E-state index contributed by atoms with van der Waals surface area (Å²) >= 11 is 0. The van der Waals surface area contributed by atoms with Crippen LogP contribution in [0.1, 0.15) is 0 Å². The molecule has 0 radical (unpaired) electrons. The summed E-state index contributed by atoms with van der Waals surface area (Å²) in [6, 6.07) is 51.9. The molecule has 5 heterocycles. The number of aromatic nitrogens is 3. The molecular formula is C43H27N5OPt-2. The zero-order valence-corrected chi connectivity index (χ0v) is 29.1. The van der Waals surface area contributed by atoms with E-state index in [4.69, 9.17) is 9.72 Å². The molecule has 6 aromatic carbocycles. The molecule has 0 saturated heterocycles. The molecule has 10 aromatic rings. The third-order valence-electron chi connectivity index (χ3n) is 10.0. The Labute approximate surface area is 301 Å². The molecule has 0 aliphatic carbocycles.